The van der Waals surface area contributed by atoms with E-state index >= 15 is 0 Å². The van der Waals surface area contributed by atoms with Gasteiger partial charge in [0.05, 0.1) is 18.9 Å². The molecule has 0 bridgehead atoms. The van der Waals surface area contributed by atoms with Crippen LogP contribution in [-0.2, 0) is 19.1 Å². The fourth-order valence-electron chi connectivity index (χ4n) is 4.27. The fourth-order valence-corrected chi connectivity index (χ4v) is 4.27. The molecule has 0 aliphatic heterocycles. The van der Waals surface area contributed by atoms with Crippen molar-refractivity contribution in [2.24, 2.45) is 0 Å². The molecule has 1 aliphatic carbocycles. The molecule has 0 saturated heterocycles. The molecule has 182 valence electrons. The van der Waals surface area contributed by atoms with Crippen molar-refractivity contribution in [3.63, 3.8) is 0 Å². The second kappa shape index (κ2) is 12.2. The lowest BCUT2D eigenvalue weighted by atomic mass is 9.98. The molecule has 1 unspecified atom stereocenters. The van der Waals surface area contributed by atoms with Crippen LogP contribution in [0.3, 0.4) is 0 Å². The third-order valence-corrected chi connectivity index (χ3v) is 5.91. The van der Waals surface area contributed by atoms with Crippen LogP contribution in [0.4, 0.5) is 4.79 Å². The molecule has 2 atom stereocenters. The number of benzene rings is 2. The SMILES string of the molecule is CCOC(CNC(=O)OCC1c2ccccc2-c2ccccc21)CC(=O)N[C@H](CC)CC(=O)O. The van der Waals surface area contributed by atoms with Gasteiger partial charge in [-0.1, -0.05) is 55.5 Å². The average Bonchev–Trinajstić information content (AvgIpc) is 3.14. The van der Waals surface area contributed by atoms with E-state index < -0.39 is 24.2 Å². The number of carbonyl (C=O) groups is 3. The number of carboxylic acids is 1. The van der Waals surface area contributed by atoms with E-state index in [0.717, 1.165) is 22.3 Å². The molecular formula is C26H32N2O6. The van der Waals surface area contributed by atoms with Crippen molar-refractivity contribution in [1.82, 2.24) is 10.6 Å². The van der Waals surface area contributed by atoms with Crippen molar-refractivity contribution in [2.45, 2.75) is 51.2 Å². The summed E-state index contributed by atoms with van der Waals surface area (Å²) in [4.78, 5) is 35.6. The maximum absolute atomic E-state index is 12.4. The molecule has 0 spiro atoms. The zero-order valence-corrected chi connectivity index (χ0v) is 19.6. The van der Waals surface area contributed by atoms with E-state index in [1.165, 1.54) is 0 Å². The molecule has 3 rings (SSSR count). The molecular weight excluding hydrogens is 436 g/mol. The first-order valence-electron chi connectivity index (χ1n) is 11.6. The summed E-state index contributed by atoms with van der Waals surface area (Å²) < 4.78 is 11.1. The Labute approximate surface area is 199 Å². The summed E-state index contributed by atoms with van der Waals surface area (Å²) >= 11 is 0. The Bertz CT molecular complexity index is 963. The van der Waals surface area contributed by atoms with Crippen molar-refractivity contribution in [2.75, 3.05) is 19.8 Å². The summed E-state index contributed by atoms with van der Waals surface area (Å²) in [6, 6.07) is 15.8. The third kappa shape index (κ3) is 6.57. The number of hydrogen-bond acceptors (Lipinski definition) is 5. The van der Waals surface area contributed by atoms with Gasteiger partial charge in [0, 0.05) is 25.1 Å². The van der Waals surface area contributed by atoms with Gasteiger partial charge in [0.2, 0.25) is 5.91 Å². The zero-order valence-electron chi connectivity index (χ0n) is 19.6. The quantitative estimate of drug-likeness (QED) is 0.438. The highest BCUT2D eigenvalue weighted by Gasteiger charge is 2.29. The summed E-state index contributed by atoms with van der Waals surface area (Å²) in [6.45, 7) is 4.29. The lowest BCUT2D eigenvalue weighted by Gasteiger charge is -2.20. The highest BCUT2D eigenvalue weighted by Crippen LogP contribution is 2.44. The van der Waals surface area contributed by atoms with Crippen molar-refractivity contribution in [3.05, 3.63) is 59.7 Å². The van der Waals surface area contributed by atoms with Crippen molar-refractivity contribution < 1.29 is 29.0 Å². The van der Waals surface area contributed by atoms with E-state index in [1.807, 2.05) is 31.2 Å². The Hall–Kier alpha value is -3.39. The molecule has 8 nitrogen and oxygen atoms in total. The van der Waals surface area contributed by atoms with Crippen LogP contribution in [0.25, 0.3) is 11.1 Å². The van der Waals surface area contributed by atoms with Crippen LogP contribution < -0.4 is 10.6 Å². The fraction of sp³-hybridized carbons (Fsp3) is 0.423. The van der Waals surface area contributed by atoms with E-state index in [2.05, 4.69) is 34.9 Å². The zero-order chi connectivity index (χ0) is 24.5. The average molecular weight is 469 g/mol. The molecule has 2 aromatic carbocycles. The van der Waals surface area contributed by atoms with Crippen molar-refractivity contribution >= 4 is 18.0 Å². The van der Waals surface area contributed by atoms with Gasteiger partial charge in [0.1, 0.15) is 6.61 Å². The Balaban J connectivity index is 1.51. The van der Waals surface area contributed by atoms with E-state index in [1.54, 1.807) is 6.92 Å². The number of fused-ring (bicyclic) bond motifs is 3. The second-order valence-electron chi connectivity index (χ2n) is 8.26. The lowest BCUT2D eigenvalue weighted by Crippen LogP contribution is -2.41. The minimum atomic E-state index is -0.967. The number of nitrogens with one attached hydrogen (secondary N) is 2. The Morgan fingerprint density at radius 2 is 1.59 bits per heavy atom. The van der Waals surface area contributed by atoms with E-state index in [0.29, 0.717) is 13.0 Å². The number of carboxylic acid groups (broad SMARTS) is 1. The summed E-state index contributed by atoms with van der Waals surface area (Å²) in [5, 5.41) is 14.3. The highest BCUT2D eigenvalue weighted by atomic mass is 16.5. The molecule has 2 aromatic rings. The predicted molar refractivity (Wildman–Crippen MR) is 128 cm³/mol. The Morgan fingerprint density at radius 3 is 2.15 bits per heavy atom. The minimum Gasteiger partial charge on any atom is -0.481 e. The molecule has 0 heterocycles. The first-order chi connectivity index (χ1) is 16.4. The molecule has 8 heteroatoms. The van der Waals surface area contributed by atoms with Crippen LogP contribution >= 0.6 is 0 Å². The number of carbonyl (C=O) groups excluding carboxylic acids is 2. The Morgan fingerprint density at radius 1 is 0.971 bits per heavy atom. The van der Waals surface area contributed by atoms with Gasteiger partial charge in [0.15, 0.2) is 0 Å². The third-order valence-electron chi connectivity index (χ3n) is 5.91. The number of rotatable bonds is 12. The predicted octanol–water partition coefficient (Wildman–Crippen LogP) is 3.69. The summed E-state index contributed by atoms with van der Waals surface area (Å²) in [7, 11) is 0. The normalized spacial score (nSPS) is 13.9. The number of amides is 2. The van der Waals surface area contributed by atoms with Crippen LogP contribution in [0.15, 0.2) is 48.5 Å². The minimum absolute atomic E-state index is 0.00755. The van der Waals surface area contributed by atoms with E-state index in [9.17, 15) is 14.4 Å². The highest BCUT2D eigenvalue weighted by molar-refractivity contribution is 5.79. The monoisotopic (exact) mass is 468 g/mol. The maximum atomic E-state index is 12.4. The van der Waals surface area contributed by atoms with Crippen LogP contribution in [0.5, 0.6) is 0 Å². The summed E-state index contributed by atoms with van der Waals surface area (Å²) in [6.07, 6.45) is -0.750. The maximum Gasteiger partial charge on any atom is 0.407 e. The molecule has 34 heavy (non-hydrogen) atoms. The van der Waals surface area contributed by atoms with Gasteiger partial charge in [-0.2, -0.15) is 0 Å². The van der Waals surface area contributed by atoms with Gasteiger partial charge in [-0.15, -0.1) is 0 Å². The van der Waals surface area contributed by atoms with Gasteiger partial charge < -0.3 is 25.2 Å². The molecule has 2 amide bonds. The van der Waals surface area contributed by atoms with Crippen molar-refractivity contribution in [3.8, 4) is 11.1 Å². The molecule has 1 aliphatic rings. The number of aliphatic carboxylic acids is 1. The van der Waals surface area contributed by atoms with E-state index in [4.69, 9.17) is 14.6 Å². The topological polar surface area (TPSA) is 114 Å². The van der Waals surface area contributed by atoms with Crippen LogP contribution in [-0.4, -0.2) is 55.0 Å². The first-order valence-corrected chi connectivity index (χ1v) is 11.6. The Kier molecular flexibility index (Phi) is 9.04. The molecule has 3 N–H and O–H groups in total. The molecule has 0 radical (unpaired) electrons. The first kappa shape index (κ1) is 25.2. The number of hydrogen-bond donors (Lipinski definition) is 3. The van der Waals surface area contributed by atoms with Crippen LogP contribution in [0, 0.1) is 0 Å². The number of alkyl carbamates (subject to hydrolysis) is 1. The van der Waals surface area contributed by atoms with Crippen molar-refractivity contribution in [1.29, 1.82) is 0 Å². The summed E-state index contributed by atoms with van der Waals surface area (Å²) in [5.41, 5.74) is 4.57. The molecule has 0 saturated carbocycles. The molecule has 0 fully saturated rings. The lowest BCUT2D eigenvalue weighted by molar-refractivity contribution is -0.137. The largest absolute Gasteiger partial charge is 0.481 e. The standard InChI is InChI=1S/C26H32N2O6/c1-3-17(13-25(30)31)28-24(29)14-18(33-4-2)15-27-26(32)34-16-23-21-11-7-5-9-19(21)20-10-6-8-12-22(20)23/h5-12,17-18,23H,3-4,13-16H2,1-2H3,(H,27,32)(H,28,29)(H,30,31)/t17-,18?/m1/s1. The summed E-state index contributed by atoms with van der Waals surface area (Å²) in [5.74, 6) is -1.32. The smallest absolute Gasteiger partial charge is 0.407 e. The van der Waals surface area contributed by atoms with Gasteiger partial charge in [-0.05, 0) is 35.6 Å². The van der Waals surface area contributed by atoms with Gasteiger partial charge >= 0.3 is 12.1 Å². The van der Waals surface area contributed by atoms with Crippen LogP contribution in [0.1, 0.15) is 50.2 Å². The van der Waals surface area contributed by atoms with Gasteiger partial charge in [-0.25, -0.2) is 4.79 Å². The molecule has 0 aromatic heterocycles. The van der Waals surface area contributed by atoms with Gasteiger partial charge in [0.25, 0.3) is 0 Å². The van der Waals surface area contributed by atoms with Crippen LogP contribution in [0.2, 0.25) is 0 Å². The van der Waals surface area contributed by atoms with Gasteiger partial charge in [-0.3, -0.25) is 9.59 Å². The second-order valence-corrected chi connectivity index (χ2v) is 8.26. The van der Waals surface area contributed by atoms with E-state index in [-0.39, 0.29) is 37.8 Å². The number of ether oxygens (including phenoxy) is 2.